The molecule has 0 saturated carbocycles. The molecule has 26 heavy (non-hydrogen) atoms. The van der Waals surface area contributed by atoms with Crippen LogP contribution in [0.2, 0.25) is 0 Å². The molecule has 0 unspecified atom stereocenters. The van der Waals surface area contributed by atoms with E-state index in [1.165, 1.54) is 0 Å². The zero-order chi connectivity index (χ0) is 18.2. The Morgan fingerprint density at radius 3 is 2.50 bits per heavy atom. The van der Waals surface area contributed by atoms with Gasteiger partial charge in [-0.2, -0.15) is 0 Å². The van der Waals surface area contributed by atoms with Gasteiger partial charge in [-0.15, -0.1) is 10.2 Å². The maximum absolute atomic E-state index is 12.1. The second kappa shape index (κ2) is 8.57. The molecule has 2 aromatic heterocycles. The predicted octanol–water partition coefficient (Wildman–Crippen LogP) is 2.42. The van der Waals surface area contributed by atoms with E-state index in [0.717, 1.165) is 17.0 Å². The van der Waals surface area contributed by atoms with Gasteiger partial charge in [-0.05, 0) is 42.0 Å². The molecule has 0 aliphatic carbocycles. The number of hydrogen-bond acceptors (Lipinski definition) is 6. The van der Waals surface area contributed by atoms with E-state index < -0.39 is 0 Å². The molecule has 0 aliphatic rings. The zero-order valence-corrected chi connectivity index (χ0v) is 14.3. The number of methoxy groups -OCH3 is 1. The van der Waals surface area contributed by atoms with E-state index in [2.05, 4.69) is 25.8 Å². The van der Waals surface area contributed by atoms with Crippen molar-refractivity contribution in [3.8, 4) is 5.75 Å². The Labute approximate surface area is 151 Å². The van der Waals surface area contributed by atoms with E-state index in [-0.39, 0.29) is 11.6 Å². The van der Waals surface area contributed by atoms with Crippen LogP contribution in [0.3, 0.4) is 0 Å². The van der Waals surface area contributed by atoms with Crippen LogP contribution in [0.25, 0.3) is 0 Å². The van der Waals surface area contributed by atoms with Crippen LogP contribution in [0.4, 0.5) is 5.82 Å². The first kappa shape index (κ1) is 17.3. The van der Waals surface area contributed by atoms with Crippen molar-refractivity contribution in [3.05, 3.63) is 77.7 Å². The van der Waals surface area contributed by atoms with Gasteiger partial charge in [0.05, 0.1) is 19.3 Å². The Hall–Kier alpha value is -3.48. The zero-order valence-electron chi connectivity index (χ0n) is 14.3. The number of carbonyl (C=O) groups excluding carboxylic acids is 1. The van der Waals surface area contributed by atoms with Gasteiger partial charge in [0.2, 0.25) is 0 Å². The number of nitrogens with one attached hydrogen (secondary N) is 2. The summed E-state index contributed by atoms with van der Waals surface area (Å²) in [6, 6.07) is 16.7. The second-order valence-corrected chi connectivity index (χ2v) is 5.51. The summed E-state index contributed by atoms with van der Waals surface area (Å²) in [5.74, 6) is 1.13. The van der Waals surface area contributed by atoms with Crippen LogP contribution in [0.1, 0.15) is 21.7 Å². The summed E-state index contributed by atoms with van der Waals surface area (Å²) in [7, 11) is 1.64. The standard InChI is InChI=1S/C19H19N5O2/c1-26-16-7-5-14(6-8-16)12-21-18-10-9-17(23-24-18)19(25)22-13-15-4-2-3-11-20-15/h2-11H,12-13H2,1H3,(H,21,24)(H,22,25). The Kier molecular flexibility index (Phi) is 5.72. The molecule has 0 fully saturated rings. The van der Waals surface area contributed by atoms with Crippen molar-refractivity contribution < 1.29 is 9.53 Å². The highest BCUT2D eigenvalue weighted by atomic mass is 16.5. The molecule has 132 valence electrons. The first-order chi connectivity index (χ1) is 12.7. The van der Waals surface area contributed by atoms with Crippen molar-refractivity contribution >= 4 is 11.7 Å². The fraction of sp³-hybridized carbons (Fsp3) is 0.158. The highest BCUT2D eigenvalue weighted by Crippen LogP contribution is 2.12. The number of hydrogen-bond donors (Lipinski definition) is 2. The molecule has 0 radical (unpaired) electrons. The number of rotatable bonds is 7. The van der Waals surface area contributed by atoms with Gasteiger partial charge in [0.1, 0.15) is 11.6 Å². The molecule has 2 N–H and O–H groups in total. The van der Waals surface area contributed by atoms with Gasteiger partial charge in [-0.25, -0.2) is 0 Å². The summed E-state index contributed by atoms with van der Waals surface area (Å²) in [6.07, 6.45) is 1.69. The number of nitrogens with zero attached hydrogens (tertiary/aromatic N) is 3. The number of aromatic nitrogens is 3. The van der Waals surface area contributed by atoms with Crippen LogP contribution in [0.5, 0.6) is 5.75 Å². The van der Waals surface area contributed by atoms with E-state index in [0.29, 0.717) is 18.9 Å². The van der Waals surface area contributed by atoms with Crippen molar-refractivity contribution in [3.63, 3.8) is 0 Å². The van der Waals surface area contributed by atoms with Crippen molar-refractivity contribution in [2.45, 2.75) is 13.1 Å². The van der Waals surface area contributed by atoms with Gasteiger partial charge in [-0.1, -0.05) is 18.2 Å². The summed E-state index contributed by atoms with van der Waals surface area (Å²) in [4.78, 5) is 16.2. The highest BCUT2D eigenvalue weighted by Gasteiger charge is 2.08. The second-order valence-electron chi connectivity index (χ2n) is 5.51. The molecule has 1 aromatic carbocycles. The summed E-state index contributed by atoms with van der Waals surface area (Å²) in [5, 5.41) is 13.9. The number of amides is 1. The van der Waals surface area contributed by atoms with Crippen LogP contribution < -0.4 is 15.4 Å². The molecule has 7 nitrogen and oxygen atoms in total. The minimum atomic E-state index is -0.287. The highest BCUT2D eigenvalue weighted by molar-refractivity contribution is 5.92. The van der Waals surface area contributed by atoms with Gasteiger partial charge >= 0.3 is 0 Å². The minimum absolute atomic E-state index is 0.260. The van der Waals surface area contributed by atoms with Crippen LogP contribution in [-0.4, -0.2) is 28.2 Å². The summed E-state index contributed by atoms with van der Waals surface area (Å²) < 4.78 is 5.13. The first-order valence-corrected chi connectivity index (χ1v) is 8.13. The number of ether oxygens (including phenoxy) is 1. The number of pyridine rings is 1. The van der Waals surface area contributed by atoms with Gasteiger partial charge in [0, 0.05) is 12.7 Å². The van der Waals surface area contributed by atoms with Crippen LogP contribution in [0, 0.1) is 0 Å². The maximum Gasteiger partial charge on any atom is 0.272 e. The monoisotopic (exact) mass is 349 g/mol. The molecule has 2 heterocycles. The normalized spacial score (nSPS) is 10.2. The molecule has 0 saturated heterocycles. The van der Waals surface area contributed by atoms with E-state index in [1.54, 1.807) is 25.4 Å². The average Bonchev–Trinajstić information content (AvgIpc) is 2.72. The Morgan fingerprint density at radius 2 is 1.85 bits per heavy atom. The molecule has 0 bridgehead atoms. The van der Waals surface area contributed by atoms with Crippen LogP contribution >= 0.6 is 0 Å². The van der Waals surface area contributed by atoms with E-state index in [1.807, 2.05) is 42.5 Å². The molecule has 0 atom stereocenters. The minimum Gasteiger partial charge on any atom is -0.497 e. The third kappa shape index (κ3) is 4.76. The lowest BCUT2D eigenvalue weighted by atomic mass is 10.2. The molecule has 3 aromatic rings. The van der Waals surface area contributed by atoms with Crippen molar-refractivity contribution in [2.24, 2.45) is 0 Å². The van der Waals surface area contributed by atoms with E-state index in [4.69, 9.17) is 4.74 Å². The molecule has 1 amide bonds. The lowest BCUT2D eigenvalue weighted by Gasteiger charge is -2.07. The Morgan fingerprint density at radius 1 is 1.00 bits per heavy atom. The van der Waals surface area contributed by atoms with Gasteiger partial charge in [-0.3, -0.25) is 9.78 Å². The van der Waals surface area contributed by atoms with Crippen LogP contribution in [0.15, 0.2) is 60.8 Å². The summed E-state index contributed by atoms with van der Waals surface area (Å²) in [5.41, 5.74) is 2.13. The Bertz CT molecular complexity index is 836. The van der Waals surface area contributed by atoms with E-state index in [9.17, 15) is 4.79 Å². The van der Waals surface area contributed by atoms with Crippen molar-refractivity contribution in [1.29, 1.82) is 0 Å². The maximum atomic E-state index is 12.1. The number of benzene rings is 1. The SMILES string of the molecule is COc1ccc(CNc2ccc(C(=O)NCc3ccccn3)nn2)cc1. The fourth-order valence-corrected chi connectivity index (χ4v) is 2.25. The molecular formula is C19H19N5O2. The summed E-state index contributed by atoms with van der Waals surface area (Å²) in [6.45, 7) is 0.947. The number of anilines is 1. The Balaban J connectivity index is 1.51. The van der Waals surface area contributed by atoms with Gasteiger partial charge < -0.3 is 15.4 Å². The molecule has 7 heteroatoms. The molecule has 3 rings (SSSR count). The molecule has 0 spiro atoms. The largest absolute Gasteiger partial charge is 0.497 e. The smallest absolute Gasteiger partial charge is 0.272 e. The lowest BCUT2D eigenvalue weighted by Crippen LogP contribution is -2.24. The average molecular weight is 349 g/mol. The van der Waals surface area contributed by atoms with E-state index >= 15 is 0 Å². The molecule has 0 aliphatic heterocycles. The fourth-order valence-electron chi connectivity index (χ4n) is 2.25. The third-order valence-electron chi connectivity index (χ3n) is 3.69. The summed E-state index contributed by atoms with van der Waals surface area (Å²) >= 11 is 0. The molecular weight excluding hydrogens is 330 g/mol. The predicted molar refractivity (Wildman–Crippen MR) is 97.8 cm³/mol. The van der Waals surface area contributed by atoms with Crippen molar-refractivity contribution in [1.82, 2.24) is 20.5 Å². The topological polar surface area (TPSA) is 89.0 Å². The van der Waals surface area contributed by atoms with Crippen LogP contribution in [-0.2, 0) is 13.1 Å². The number of carbonyl (C=O) groups is 1. The lowest BCUT2D eigenvalue weighted by molar-refractivity contribution is 0.0944. The third-order valence-corrected chi connectivity index (χ3v) is 3.69. The van der Waals surface area contributed by atoms with Gasteiger partial charge in [0.15, 0.2) is 5.69 Å². The van der Waals surface area contributed by atoms with Crippen molar-refractivity contribution in [2.75, 3.05) is 12.4 Å². The quantitative estimate of drug-likeness (QED) is 0.681. The first-order valence-electron chi connectivity index (χ1n) is 8.13. The van der Waals surface area contributed by atoms with Gasteiger partial charge in [0.25, 0.3) is 5.91 Å².